The van der Waals surface area contributed by atoms with Gasteiger partial charge >= 0.3 is 12.0 Å². The van der Waals surface area contributed by atoms with Gasteiger partial charge in [-0.2, -0.15) is 11.8 Å². The third-order valence-corrected chi connectivity index (χ3v) is 14.2. The summed E-state index contributed by atoms with van der Waals surface area (Å²) in [7, 11) is 0. The number of Topliss-reactive ketones (excluding diaryl/α,β-unsaturated/α-hetero) is 1. The number of unbranched alkanes of at least 4 members (excludes halogenated alkanes) is 1. The molecule has 0 unspecified atom stereocenters. The number of carbonyl (C=O) groups excluding carboxylic acids is 4. The van der Waals surface area contributed by atoms with E-state index >= 15 is 0 Å². The molecule has 3 saturated heterocycles. The van der Waals surface area contributed by atoms with E-state index in [0.29, 0.717) is 181 Å². The maximum Gasteiger partial charge on any atom is 0.352 e. The zero-order chi connectivity index (χ0) is 49.9. The standard InChI is InChI=1S/C46H78N4O18S2/c1-35-33-70-44-37(43(53)50(44)42(35)45(54)55)32-36(51)6-8-57-10-12-59-14-16-61-18-20-63-22-24-65-26-28-67-30-31-68-29-27-66-25-23-64-21-19-62-17-15-60-13-11-58-9-7-47-40(52)5-3-2-4-39-41-38(34-69-39)48-46(56)49-41/h37-39,41,44H,2-34H2,1H3,(H,47,52)(H,54,55)(H2,48,49,56)/t37-,38-,39-,41-,44-/m0/s1. The Balaban J connectivity index is 0.740. The first-order valence-electron chi connectivity index (χ1n) is 24.5. The van der Waals surface area contributed by atoms with Crippen LogP contribution in [0.25, 0.3) is 0 Å². The fourth-order valence-corrected chi connectivity index (χ4v) is 10.5. The van der Waals surface area contributed by atoms with Crippen LogP contribution in [0.2, 0.25) is 0 Å². The molecular weight excluding hydrogens is 961 g/mol. The van der Waals surface area contributed by atoms with Crippen LogP contribution in [0.4, 0.5) is 4.79 Å². The number of carbonyl (C=O) groups is 5. The minimum Gasteiger partial charge on any atom is -0.477 e. The number of fused-ring (bicyclic) bond motifs is 2. The number of aliphatic carboxylic acids is 1. The van der Waals surface area contributed by atoms with E-state index in [4.69, 9.17) is 56.8 Å². The van der Waals surface area contributed by atoms with Gasteiger partial charge < -0.3 is 77.9 Å². The van der Waals surface area contributed by atoms with Gasteiger partial charge in [0.15, 0.2) is 0 Å². The SMILES string of the molecule is CC1=C(C(=O)O)N2C(=O)[C@H](CC(=O)CCOCCOCCOCCOCCOCCOCCOCCOCCOCCOCCOCCOCCNC(=O)CCCC[C@@H]3SC[C@@H]4NC(=O)N[C@@H]43)[C@@H]2SC1. The van der Waals surface area contributed by atoms with Crippen LogP contribution >= 0.6 is 23.5 Å². The van der Waals surface area contributed by atoms with Crippen molar-refractivity contribution in [1.29, 1.82) is 0 Å². The zero-order valence-corrected chi connectivity index (χ0v) is 42.5. The molecule has 0 aromatic rings. The van der Waals surface area contributed by atoms with E-state index in [2.05, 4.69) is 16.0 Å². The van der Waals surface area contributed by atoms with Crippen LogP contribution in [0.5, 0.6) is 0 Å². The number of rotatable bonds is 47. The summed E-state index contributed by atoms with van der Waals surface area (Å²) in [6.07, 6.45) is 3.58. The van der Waals surface area contributed by atoms with Crippen molar-refractivity contribution in [1.82, 2.24) is 20.9 Å². The van der Waals surface area contributed by atoms with Gasteiger partial charge in [-0.1, -0.05) is 6.42 Å². The predicted molar refractivity (Wildman–Crippen MR) is 258 cm³/mol. The maximum absolute atomic E-state index is 12.5. The first-order chi connectivity index (χ1) is 34.3. The first kappa shape index (κ1) is 59.9. The number of hydrogen-bond donors (Lipinski definition) is 4. The van der Waals surface area contributed by atoms with Crippen LogP contribution in [0.1, 0.15) is 45.4 Å². The van der Waals surface area contributed by atoms with Gasteiger partial charge in [0.2, 0.25) is 11.8 Å². The quantitative estimate of drug-likeness (QED) is 0.0380. The van der Waals surface area contributed by atoms with Crippen LogP contribution in [0.15, 0.2) is 11.3 Å². The summed E-state index contributed by atoms with van der Waals surface area (Å²) in [5, 5.41) is 18.4. The Labute approximate surface area is 420 Å². The highest BCUT2D eigenvalue weighted by molar-refractivity contribution is 8.00. The monoisotopic (exact) mass is 1040 g/mol. The van der Waals surface area contributed by atoms with Crippen molar-refractivity contribution in [2.45, 2.75) is 68.2 Å². The summed E-state index contributed by atoms with van der Waals surface area (Å²) in [6.45, 7) is 12.6. The summed E-state index contributed by atoms with van der Waals surface area (Å²) in [6, 6.07) is 0.382. The number of carboxylic acids is 1. The van der Waals surface area contributed by atoms with Gasteiger partial charge in [0.25, 0.3) is 0 Å². The lowest BCUT2D eigenvalue weighted by Crippen LogP contribution is -2.61. The van der Waals surface area contributed by atoms with E-state index in [1.165, 1.54) is 16.7 Å². The van der Waals surface area contributed by atoms with Crippen LogP contribution in [-0.2, 0) is 76.0 Å². The molecule has 4 rings (SSSR count). The van der Waals surface area contributed by atoms with E-state index < -0.39 is 11.9 Å². The van der Waals surface area contributed by atoms with E-state index in [1.54, 1.807) is 6.92 Å². The molecule has 0 aliphatic carbocycles. The predicted octanol–water partition coefficient (Wildman–Crippen LogP) is 1.27. The van der Waals surface area contributed by atoms with E-state index in [-0.39, 0.29) is 66.2 Å². The molecule has 24 heteroatoms. The molecule has 3 fully saturated rings. The summed E-state index contributed by atoms with van der Waals surface area (Å²) < 4.78 is 66.0. The third-order valence-electron chi connectivity index (χ3n) is 11.2. The van der Waals surface area contributed by atoms with Crippen molar-refractivity contribution < 1.29 is 85.9 Å². The minimum atomic E-state index is -1.11. The van der Waals surface area contributed by atoms with E-state index in [9.17, 15) is 29.1 Å². The van der Waals surface area contributed by atoms with Crippen LogP contribution < -0.4 is 16.0 Å². The highest BCUT2D eigenvalue weighted by Crippen LogP contribution is 2.45. The van der Waals surface area contributed by atoms with Crippen LogP contribution in [0.3, 0.4) is 0 Å². The number of urea groups is 1. The number of β-lactam (4-membered cyclic amide) rings is 1. The second kappa shape index (κ2) is 38.0. The lowest BCUT2D eigenvalue weighted by atomic mass is 9.90. The fourth-order valence-electron chi connectivity index (χ4n) is 7.59. The van der Waals surface area contributed by atoms with E-state index in [1.807, 2.05) is 11.8 Å². The van der Waals surface area contributed by atoms with Gasteiger partial charge in [0.05, 0.1) is 182 Å². The number of ketones is 1. The van der Waals surface area contributed by atoms with Crippen molar-refractivity contribution in [3.8, 4) is 0 Å². The smallest absolute Gasteiger partial charge is 0.352 e. The minimum absolute atomic E-state index is 0.0341. The van der Waals surface area contributed by atoms with Crippen LogP contribution in [0, 0.1) is 5.92 Å². The zero-order valence-electron chi connectivity index (χ0n) is 40.9. The van der Waals surface area contributed by atoms with Gasteiger partial charge in [-0.05, 0) is 25.3 Å². The largest absolute Gasteiger partial charge is 0.477 e. The number of amides is 4. The summed E-state index contributed by atoms with van der Waals surface area (Å²) in [5.41, 5.74) is 0.706. The average Bonchev–Trinajstić information content (AvgIpc) is 3.91. The van der Waals surface area contributed by atoms with Gasteiger partial charge in [-0.3, -0.25) is 19.3 Å². The molecule has 4 N–H and O–H groups in total. The second-order valence-electron chi connectivity index (χ2n) is 16.5. The van der Waals surface area contributed by atoms with Crippen molar-refractivity contribution in [3.05, 3.63) is 11.3 Å². The Morgan fingerprint density at radius 3 is 1.50 bits per heavy atom. The number of carboxylic acid groups (broad SMARTS) is 1. The molecule has 4 aliphatic rings. The van der Waals surface area contributed by atoms with Gasteiger partial charge in [0, 0.05) is 42.6 Å². The average molecular weight is 1040 g/mol. The molecule has 5 atom stereocenters. The fraction of sp³-hybridized carbons (Fsp3) is 0.848. The topological polar surface area (TPSA) is 256 Å². The molecule has 0 aromatic carbocycles. The van der Waals surface area contributed by atoms with Crippen LogP contribution in [-0.4, -0.2) is 239 Å². The molecule has 0 aromatic heterocycles. The molecule has 0 saturated carbocycles. The summed E-state index contributed by atoms with van der Waals surface area (Å²) in [4.78, 5) is 61.3. The van der Waals surface area contributed by atoms with Gasteiger partial charge in [-0.15, -0.1) is 11.8 Å². The lowest BCUT2D eigenvalue weighted by Gasteiger charge is -2.49. The highest BCUT2D eigenvalue weighted by atomic mass is 32.2. The normalized spacial score (nSPS) is 20.6. The maximum atomic E-state index is 12.5. The summed E-state index contributed by atoms with van der Waals surface area (Å²) >= 11 is 3.39. The number of ether oxygens (including phenoxy) is 12. The van der Waals surface area contributed by atoms with Crippen molar-refractivity contribution in [2.75, 3.05) is 177 Å². The first-order valence-corrected chi connectivity index (χ1v) is 26.6. The van der Waals surface area contributed by atoms with E-state index in [0.717, 1.165) is 25.0 Å². The van der Waals surface area contributed by atoms with Crippen molar-refractivity contribution in [3.63, 3.8) is 0 Å². The second-order valence-corrected chi connectivity index (χ2v) is 18.9. The Bertz CT molecular complexity index is 1540. The molecule has 22 nitrogen and oxygen atoms in total. The Hall–Kier alpha value is -2.69. The number of hydrogen-bond acceptors (Lipinski definition) is 19. The van der Waals surface area contributed by atoms with Gasteiger partial charge in [-0.25, -0.2) is 9.59 Å². The molecule has 402 valence electrons. The molecule has 0 spiro atoms. The molecule has 4 amide bonds. The van der Waals surface area contributed by atoms with Crippen molar-refractivity contribution in [2.24, 2.45) is 5.92 Å². The molecule has 4 aliphatic heterocycles. The number of thioether (sulfide) groups is 2. The summed E-state index contributed by atoms with van der Waals surface area (Å²) in [5.74, 6) is -0.457. The Morgan fingerprint density at radius 1 is 0.600 bits per heavy atom. The number of nitrogens with one attached hydrogen (secondary N) is 3. The Kier molecular flexibility index (Phi) is 32.5. The molecule has 70 heavy (non-hydrogen) atoms. The molecule has 4 heterocycles. The molecular formula is C46H78N4O18S2. The molecule has 0 radical (unpaired) electrons. The Morgan fingerprint density at radius 2 is 1.04 bits per heavy atom. The van der Waals surface area contributed by atoms with Crippen molar-refractivity contribution >= 4 is 53.1 Å². The highest BCUT2D eigenvalue weighted by Gasteiger charge is 2.53. The van der Waals surface area contributed by atoms with Gasteiger partial charge in [0.1, 0.15) is 11.5 Å². The molecule has 0 bridgehead atoms. The third kappa shape index (κ3) is 24.8. The lowest BCUT2D eigenvalue weighted by molar-refractivity contribution is -0.154. The number of nitrogens with zero attached hydrogens (tertiary/aromatic N) is 1.